The summed E-state index contributed by atoms with van der Waals surface area (Å²) in [5.74, 6) is 4.78. The monoisotopic (exact) mass is 670 g/mol. The van der Waals surface area contributed by atoms with Crippen molar-refractivity contribution in [1.29, 1.82) is 0 Å². The molecule has 0 saturated heterocycles. The Balaban J connectivity index is 1.20. The number of ether oxygens (including phenoxy) is 2. The van der Waals surface area contributed by atoms with Gasteiger partial charge in [0.2, 0.25) is 0 Å². The molecule has 10 atom stereocenters. The lowest BCUT2D eigenvalue weighted by Gasteiger charge is -2.63. The number of fused-ring (bicyclic) bond motifs is 5. The van der Waals surface area contributed by atoms with Crippen molar-refractivity contribution in [2.45, 2.75) is 118 Å². The Morgan fingerprint density at radius 1 is 0.796 bits per heavy atom. The normalized spacial score (nSPS) is 34.4. The van der Waals surface area contributed by atoms with Gasteiger partial charge in [-0.05, 0) is 152 Å². The lowest BCUT2D eigenvalue weighted by Crippen LogP contribution is -2.57. The molecule has 0 amide bonds. The highest BCUT2D eigenvalue weighted by Crippen LogP contribution is 2.69. The van der Waals surface area contributed by atoms with Gasteiger partial charge in [0.15, 0.2) is 0 Å². The van der Waals surface area contributed by atoms with E-state index in [9.17, 15) is 9.59 Å². The van der Waals surface area contributed by atoms with E-state index >= 15 is 0 Å². The van der Waals surface area contributed by atoms with Gasteiger partial charge in [0.1, 0.15) is 6.10 Å². The molecule has 4 fully saturated rings. The van der Waals surface area contributed by atoms with Gasteiger partial charge in [-0.25, -0.2) is 9.59 Å². The maximum absolute atomic E-state index is 13.2. The summed E-state index contributed by atoms with van der Waals surface area (Å²) < 4.78 is 12.1. The van der Waals surface area contributed by atoms with Crippen LogP contribution in [0.4, 0.5) is 11.4 Å². The van der Waals surface area contributed by atoms with Gasteiger partial charge < -0.3 is 20.9 Å². The van der Waals surface area contributed by atoms with Crippen LogP contribution < -0.4 is 11.5 Å². The van der Waals surface area contributed by atoms with Gasteiger partial charge in [-0.2, -0.15) is 0 Å². The molecule has 6 rings (SSSR count). The fraction of sp³-hybridized carbons (Fsp3) is 0.674. The third kappa shape index (κ3) is 7.40. The predicted octanol–water partition coefficient (Wildman–Crippen LogP) is 9.97. The molecule has 0 radical (unpaired) electrons. The van der Waals surface area contributed by atoms with Gasteiger partial charge in [-0.15, -0.1) is 0 Å². The minimum atomic E-state index is -0.309. The van der Waals surface area contributed by atoms with Crippen molar-refractivity contribution in [3.05, 3.63) is 59.7 Å². The highest BCUT2D eigenvalue weighted by molar-refractivity contribution is 5.91. The summed E-state index contributed by atoms with van der Waals surface area (Å²) in [5, 5.41) is 0. The van der Waals surface area contributed by atoms with Crippen molar-refractivity contribution in [2.24, 2.45) is 58.2 Å². The number of hydrogen-bond acceptors (Lipinski definition) is 6. The van der Waals surface area contributed by atoms with Crippen LogP contribution in [0.2, 0.25) is 0 Å². The summed E-state index contributed by atoms with van der Waals surface area (Å²) in [6, 6.07) is 14.1. The van der Waals surface area contributed by atoms with Gasteiger partial charge in [0.25, 0.3) is 0 Å². The van der Waals surface area contributed by atoms with E-state index in [2.05, 4.69) is 34.6 Å². The van der Waals surface area contributed by atoms with Crippen molar-refractivity contribution >= 4 is 23.3 Å². The maximum atomic E-state index is 13.2. The van der Waals surface area contributed by atoms with Crippen LogP contribution in [-0.4, -0.2) is 24.6 Å². The molecule has 0 aliphatic heterocycles. The predicted molar refractivity (Wildman–Crippen MR) is 198 cm³/mol. The molecule has 268 valence electrons. The highest BCUT2D eigenvalue weighted by atomic mass is 16.5. The Hall–Kier alpha value is -3.02. The van der Waals surface area contributed by atoms with Gasteiger partial charge in [0, 0.05) is 11.4 Å². The van der Waals surface area contributed by atoms with Crippen molar-refractivity contribution < 1.29 is 19.1 Å². The van der Waals surface area contributed by atoms with Crippen LogP contribution in [0.3, 0.4) is 0 Å². The SMILES string of the molecule is CC(C)CCCC(C)C1CCC2C3CC(CCOC(=O)c4cccc(N)c4)C4CC(OC(=O)c5cccc(N)c5)CCC4(C)C3CCC12C. The summed E-state index contributed by atoms with van der Waals surface area (Å²) in [6.45, 7) is 12.9. The molecule has 4 aliphatic rings. The van der Waals surface area contributed by atoms with Gasteiger partial charge in [-0.3, -0.25) is 0 Å². The number of anilines is 2. The molecular formula is C43H62N2O4. The fourth-order valence-corrected chi connectivity index (χ4v) is 11.9. The third-order valence-electron chi connectivity index (χ3n) is 14.2. The number of carbonyl (C=O) groups excluding carboxylic acids is 2. The maximum Gasteiger partial charge on any atom is 0.338 e. The third-order valence-corrected chi connectivity index (χ3v) is 14.2. The molecule has 10 unspecified atom stereocenters. The van der Waals surface area contributed by atoms with Crippen LogP contribution in [0.15, 0.2) is 48.5 Å². The molecule has 2 aromatic rings. The minimum Gasteiger partial charge on any atom is -0.462 e. The number of nitrogen functional groups attached to an aromatic ring is 2. The second-order valence-corrected chi connectivity index (χ2v) is 17.5. The van der Waals surface area contributed by atoms with E-state index in [-0.39, 0.29) is 23.5 Å². The first-order chi connectivity index (χ1) is 23.4. The lowest BCUT2D eigenvalue weighted by molar-refractivity contribution is -0.155. The average Bonchev–Trinajstić information content (AvgIpc) is 3.42. The van der Waals surface area contributed by atoms with E-state index in [1.54, 1.807) is 42.5 Å². The summed E-state index contributed by atoms with van der Waals surface area (Å²) in [5.41, 5.74) is 14.7. The largest absolute Gasteiger partial charge is 0.462 e. The van der Waals surface area contributed by atoms with E-state index in [4.69, 9.17) is 20.9 Å². The van der Waals surface area contributed by atoms with Crippen LogP contribution in [-0.2, 0) is 9.47 Å². The molecule has 0 heterocycles. The molecule has 6 heteroatoms. The van der Waals surface area contributed by atoms with Crippen molar-refractivity contribution in [2.75, 3.05) is 18.1 Å². The van der Waals surface area contributed by atoms with Crippen LogP contribution >= 0.6 is 0 Å². The Bertz CT molecular complexity index is 1470. The van der Waals surface area contributed by atoms with Crippen LogP contribution in [0.1, 0.15) is 132 Å². The topological polar surface area (TPSA) is 105 Å². The molecule has 6 nitrogen and oxygen atoms in total. The second-order valence-electron chi connectivity index (χ2n) is 17.5. The number of benzene rings is 2. The molecule has 2 aromatic carbocycles. The first-order valence-electron chi connectivity index (χ1n) is 19.5. The molecule has 4 aliphatic carbocycles. The Morgan fingerprint density at radius 2 is 1.45 bits per heavy atom. The van der Waals surface area contributed by atoms with Gasteiger partial charge in [0.05, 0.1) is 17.7 Å². The van der Waals surface area contributed by atoms with Gasteiger partial charge in [-0.1, -0.05) is 66.0 Å². The molecule has 0 aromatic heterocycles. The zero-order valence-corrected chi connectivity index (χ0v) is 30.8. The zero-order valence-electron chi connectivity index (χ0n) is 30.8. The molecular weight excluding hydrogens is 608 g/mol. The van der Waals surface area contributed by atoms with Crippen LogP contribution in [0.25, 0.3) is 0 Å². The first-order valence-corrected chi connectivity index (χ1v) is 19.5. The smallest absolute Gasteiger partial charge is 0.338 e. The standard InChI is InChI=1S/C43H62N2O4/c1-27(2)9-6-10-28(3)36-15-16-37-35-25-29(19-22-48-40(46)30-11-7-13-32(44)23-30)39-26-34(49-41(47)31-12-8-14-33(45)24-31)17-20-43(39,5)38(35)18-21-42(36,37)4/h7-8,11-14,23-24,27-29,34-39H,6,9-10,15-22,25-26,44-45H2,1-5H3. The average molecular weight is 671 g/mol. The number of rotatable bonds is 11. The Labute approximate surface area is 295 Å². The fourth-order valence-electron chi connectivity index (χ4n) is 11.9. The quantitative estimate of drug-likeness (QED) is 0.182. The summed E-state index contributed by atoms with van der Waals surface area (Å²) in [7, 11) is 0. The van der Waals surface area contributed by atoms with E-state index in [0.29, 0.717) is 58.2 Å². The summed E-state index contributed by atoms with van der Waals surface area (Å²) in [4.78, 5) is 26.2. The molecule has 0 spiro atoms. The minimum absolute atomic E-state index is 0.114. The number of carbonyl (C=O) groups is 2. The highest BCUT2D eigenvalue weighted by Gasteiger charge is 2.62. The van der Waals surface area contributed by atoms with Crippen molar-refractivity contribution in [1.82, 2.24) is 0 Å². The van der Waals surface area contributed by atoms with Crippen LogP contribution in [0.5, 0.6) is 0 Å². The number of esters is 2. The molecule has 49 heavy (non-hydrogen) atoms. The van der Waals surface area contributed by atoms with Crippen molar-refractivity contribution in [3.63, 3.8) is 0 Å². The van der Waals surface area contributed by atoms with Crippen molar-refractivity contribution in [3.8, 4) is 0 Å². The van der Waals surface area contributed by atoms with E-state index in [0.717, 1.165) is 49.4 Å². The van der Waals surface area contributed by atoms with E-state index in [1.165, 1.54) is 51.4 Å². The number of nitrogens with two attached hydrogens (primary N) is 2. The molecule has 4 saturated carbocycles. The van der Waals surface area contributed by atoms with E-state index in [1.807, 2.05) is 6.07 Å². The summed E-state index contributed by atoms with van der Waals surface area (Å²) >= 11 is 0. The van der Waals surface area contributed by atoms with E-state index < -0.39 is 0 Å². The lowest BCUT2D eigenvalue weighted by atomic mass is 9.42. The Kier molecular flexibility index (Phi) is 10.7. The Morgan fingerprint density at radius 3 is 2.12 bits per heavy atom. The summed E-state index contributed by atoms with van der Waals surface area (Å²) in [6.07, 6.45) is 14.2. The second kappa shape index (κ2) is 14.7. The molecule has 4 N–H and O–H groups in total. The zero-order chi connectivity index (χ0) is 34.9. The molecule has 0 bridgehead atoms. The van der Waals surface area contributed by atoms with Crippen LogP contribution in [0, 0.1) is 58.2 Å². The first kappa shape index (κ1) is 35.8. The van der Waals surface area contributed by atoms with Gasteiger partial charge >= 0.3 is 11.9 Å². The number of hydrogen-bond donors (Lipinski definition) is 2.